The summed E-state index contributed by atoms with van der Waals surface area (Å²) in [5.74, 6) is -1.76. The molecule has 1 amide bonds. The van der Waals surface area contributed by atoms with Crippen molar-refractivity contribution in [3.05, 3.63) is 64.0 Å². The predicted octanol–water partition coefficient (Wildman–Crippen LogP) is 2.47. The molecule has 0 saturated heterocycles. The molecule has 0 radical (unpaired) electrons. The first-order valence-corrected chi connectivity index (χ1v) is 7.41. The Bertz CT molecular complexity index is 840. The molecule has 0 unspecified atom stereocenters. The second-order valence-corrected chi connectivity index (χ2v) is 5.16. The van der Waals surface area contributed by atoms with Crippen LogP contribution >= 0.6 is 0 Å². The fourth-order valence-corrected chi connectivity index (χ4v) is 2.07. The molecule has 2 aromatic rings. The average Bonchev–Trinajstić information content (AvgIpc) is 2.61. The van der Waals surface area contributed by atoms with Gasteiger partial charge in [0, 0.05) is 11.8 Å². The molecule has 0 aliphatic carbocycles. The first kappa shape index (κ1) is 18.8. The van der Waals surface area contributed by atoms with Gasteiger partial charge in [-0.3, -0.25) is 19.7 Å². The van der Waals surface area contributed by atoms with Crippen molar-refractivity contribution < 1.29 is 28.4 Å². The Hall–Kier alpha value is -3.49. The SMILES string of the molecule is COc1cccc(CC(=O)OCC(=O)Nc2ccc(F)c([N+](=O)[O-])c2)c1. The minimum absolute atomic E-state index is 0.0203. The van der Waals surface area contributed by atoms with Gasteiger partial charge in [0.05, 0.1) is 18.5 Å². The van der Waals surface area contributed by atoms with Gasteiger partial charge in [0.15, 0.2) is 6.61 Å². The fraction of sp³-hybridized carbons (Fsp3) is 0.176. The van der Waals surface area contributed by atoms with Crippen LogP contribution in [0.1, 0.15) is 5.56 Å². The van der Waals surface area contributed by atoms with E-state index in [1.165, 1.54) is 7.11 Å². The van der Waals surface area contributed by atoms with E-state index in [1.54, 1.807) is 24.3 Å². The van der Waals surface area contributed by atoms with Gasteiger partial charge < -0.3 is 14.8 Å². The molecule has 1 N–H and O–H groups in total. The molecule has 0 saturated carbocycles. The van der Waals surface area contributed by atoms with Crippen LogP contribution in [-0.4, -0.2) is 30.5 Å². The molecule has 0 heterocycles. The van der Waals surface area contributed by atoms with E-state index in [2.05, 4.69) is 5.32 Å². The molecule has 9 heteroatoms. The molecule has 8 nitrogen and oxygen atoms in total. The van der Waals surface area contributed by atoms with Gasteiger partial charge in [0.1, 0.15) is 5.75 Å². The molecule has 0 aromatic heterocycles. The monoisotopic (exact) mass is 362 g/mol. The van der Waals surface area contributed by atoms with Crippen molar-refractivity contribution in [2.75, 3.05) is 19.0 Å². The highest BCUT2D eigenvalue weighted by molar-refractivity contribution is 5.93. The Morgan fingerprint density at radius 3 is 2.69 bits per heavy atom. The fourth-order valence-electron chi connectivity index (χ4n) is 2.07. The molecule has 2 aromatic carbocycles. The summed E-state index contributed by atoms with van der Waals surface area (Å²) in [6.45, 7) is -0.575. The van der Waals surface area contributed by atoms with Gasteiger partial charge in [-0.05, 0) is 29.8 Å². The van der Waals surface area contributed by atoms with E-state index < -0.39 is 34.9 Å². The van der Waals surface area contributed by atoms with Crippen molar-refractivity contribution >= 4 is 23.3 Å². The second-order valence-electron chi connectivity index (χ2n) is 5.16. The quantitative estimate of drug-likeness (QED) is 0.460. The number of esters is 1. The van der Waals surface area contributed by atoms with E-state index in [9.17, 15) is 24.1 Å². The second kappa shape index (κ2) is 8.56. The summed E-state index contributed by atoms with van der Waals surface area (Å²) in [5.41, 5.74) is -0.0892. The van der Waals surface area contributed by atoms with Crippen LogP contribution in [-0.2, 0) is 20.7 Å². The van der Waals surface area contributed by atoms with E-state index in [4.69, 9.17) is 9.47 Å². The summed E-state index contributed by atoms with van der Waals surface area (Å²) in [4.78, 5) is 33.3. The number of nitro groups is 1. The van der Waals surface area contributed by atoms with Crippen molar-refractivity contribution in [2.24, 2.45) is 0 Å². The topological polar surface area (TPSA) is 108 Å². The molecule has 0 atom stereocenters. The van der Waals surface area contributed by atoms with E-state index in [-0.39, 0.29) is 12.1 Å². The lowest BCUT2D eigenvalue weighted by atomic mass is 10.1. The standard InChI is InChI=1S/C17H15FN2O6/c1-25-13-4-2-3-11(7-13)8-17(22)26-10-16(21)19-12-5-6-14(18)15(9-12)20(23)24/h2-7,9H,8,10H2,1H3,(H,19,21). The number of nitrogens with one attached hydrogen (secondary N) is 1. The summed E-state index contributed by atoms with van der Waals surface area (Å²) in [5, 5.41) is 13.0. The van der Waals surface area contributed by atoms with E-state index in [1.807, 2.05) is 0 Å². The third kappa shape index (κ3) is 5.26. The first-order valence-electron chi connectivity index (χ1n) is 7.41. The molecule has 0 aliphatic rings. The van der Waals surface area contributed by atoms with Gasteiger partial charge in [-0.1, -0.05) is 12.1 Å². The molecular formula is C17H15FN2O6. The number of benzene rings is 2. The summed E-state index contributed by atoms with van der Waals surface area (Å²) >= 11 is 0. The number of amides is 1. The normalized spacial score (nSPS) is 10.1. The minimum atomic E-state index is -1.02. The summed E-state index contributed by atoms with van der Waals surface area (Å²) in [6, 6.07) is 9.73. The van der Waals surface area contributed by atoms with E-state index in [0.29, 0.717) is 11.3 Å². The molecule has 0 aliphatic heterocycles. The average molecular weight is 362 g/mol. The van der Waals surface area contributed by atoms with Gasteiger partial charge in [-0.25, -0.2) is 0 Å². The predicted molar refractivity (Wildman–Crippen MR) is 89.3 cm³/mol. The Labute approximate surface area is 147 Å². The lowest BCUT2D eigenvalue weighted by Gasteiger charge is -2.07. The van der Waals surface area contributed by atoms with Crippen LogP contribution in [0.15, 0.2) is 42.5 Å². The zero-order valence-corrected chi connectivity index (χ0v) is 13.7. The number of hydrogen-bond acceptors (Lipinski definition) is 6. The molecular weight excluding hydrogens is 347 g/mol. The maximum atomic E-state index is 13.2. The molecule has 136 valence electrons. The number of halogens is 1. The van der Waals surface area contributed by atoms with Crippen LogP contribution in [0.5, 0.6) is 5.75 Å². The minimum Gasteiger partial charge on any atom is -0.497 e. The van der Waals surface area contributed by atoms with Gasteiger partial charge in [-0.15, -0.1) is 0 Å². The lowest BCUT2D eigenvalue weighted by Crippen LogP contribution is -2.21. The Balaban J connectivity index is 1.87. The number of carbonyl (C=O) groups excluding carboxylic acids is 2. The largest absolute Gasteiger partial charge is 0.497 e. The zero-order chi connectivity index (χ0) is 19.1. The van der Waals surface area contributed by atoms with Crippen molar-refractivity contribution in [1.29, 1.82) is 0 Å². The van der Waals surface area contributed by atoms with Gasteiger partial charge in [0.2, 0.25) is 5.82 Å². The van der Waals surface area contributed by atoms with Crippen LogP contribution in [0, 0.1) is 15.9 Å². The van der Waals surface area contributed by atoms with Crippen molar-refractivity contribution in [1.82, 2.24) is 0 Å². The van der Waals surface area contributed by atoms with E-state index >= 15 is 0 Å². The summed E-state index contributed by atoms with van der Waals surface area (Å²) in [7, 11) is 1.50. The van der Waals surface area contributed by atoms with Crippen LogP contribution in [0.4, 0.5) is 15.8 Å². The van der Waals surface area contributed by atoms with Crippen LogP contribution in [0.25, 0.3) is 0 Å². The van der Waals surface area contributed by atoms with Gasteiger partial charge >= 0.3 is 11.7 Å². The highest BCUT2D eigenvalue weighted by Gasteiger charge is 2.16. The number of carbonyl (C=O) groups is 2. The van der Waals surface area contributed by atoms with Crippen molar-refractivity contribution in [2.45, 2.75) is 6.42 Å². The van der Waals surface area contributed by atoms with Crippen LogP contribution in [0.2, 0.25) is 0 Å². The maximum absolute atomic E-state index is 13.2. The smallest absolute Gasteiger partial charge is 0.310 e. The first-order chi connectivity index (χ1) is 12.4. The number of ether oxygens (including phenoxy) is 2. The number of methoxy groups -OCH3 is 1. The molecule has 0 spiro atoms. The lowest BCUT2D eigenvalue weighted by molar-refractivity contribution is -0.387. The third-order valence-corrected chi connectivity index (χ3v) is 3.27. The maximum Gasteiger partial charge on any atom is 0.310 e. The van der Waals surface area contributed by atoms with Crippen LogP contribution < -0.4 is 10.1 Å². The summed E-state index contributed by atoms with van der Waals surface area (Å²) in [6.07, 6.45) is -0.0491. The Morgan fingerprint density at radius 2 is 2.00 bits per heavy atom. The Kier molecular flexibility index (Phi) is 6.20. The zero-order valence-electron chi connectivity index (χ0n) is 13.7. The highest BCUT2D eigenvalue weighted by Crippen LogP contribution is 2.21. The van der Waals surface area contributed by atoms with Crippen LogP contribution in [0.3, 0.4) is 0 Å². The number of rotatable bonds is 7. The highest BCUT2D eigenvalue weighted by atomic mass is 19.1. The third-order valence-electron chi connectivity index (χ3n) is 3.27. The van der Waals surface area contributed by atoms with Crippen molar-refractivity contribution in [3.63, 3.8) is 0 Å². The summed E-state index contributed by atoms with van der Waals surface area (Å²) < 4.78 is 23.1. The van der Waals surface area contributed by atoms with Gasteiger partial charge in [0.25, 0.3) is 5.91 Å². The van der Waals surface area contributed by atoms with Gasteiger partial charge in [-0.2, -0.15) is 4.39 Å². The number of anilines is 1. The number of nitrogens with zero attached hydrogens (tertiary/aromatic N) is 1. The molecule has 0 bridgehead atoms. The molecule has 0 fully saturated rings. The Morgan fingerprint density at radius 1 is 1.23 bits per heavy atom. The molecule has 26 heavy (non-hydrogen) atoms. The number of nitro benzene ring substituents is 1. The van der Waals surface area contributed by atoms with Crippen molar-refractivity contribution in [3.8, 4) is 5.75 Å². The van der Waals surface area contributed by atoms with E-state index in [0.717, 1.165) is 18.2 Å². The number of hydrogen-bond donors (Lipinski definition) is 1. The molecule has 2 rings (SSSR count).